The van der Waals surface area contributed by atoms with Crippen molar-refractivity contribution in [3.05, 3.63) is 84.2 Å². The van der Waals surface area contributed by atoms with Gasteiger partial charge in [0.1, 0.15) is 12.4 Å². The Hall–Kier alpha value is -3.32. The first kappa shape index (κ1) is 21.9. The summed E-state index contributed by atoms with van der Waals surface area (Å²) in [4.78, 5) is 12.4. The summed E-state index contributed by atoms with van der Waals surface area (Å²) in [5.74, 6) is 1.79. The predicted molar refractivity (Wildman–Crippen MR) is 128 cm³/mol. The molecule has 7 heteroatoms. The van der Waals surface area contributed by atoms with Gasteiger partial charge in [0.2, 0.25) is 5.91 Å². The molecule has 3 aromatic carbocycles. The minimum Gasteiger partial charge on any atom is -0.485 e. The Morgan fingerprint density at radius 1 is 1.03 bits per heavy atom. The number of thioether (sulfide) groups is 1. The zero-order chi connectivity index (χ0) is 22.3. The fraction of sp³-hybridized carbons (Fsp3) is 0.240. The number of rotatable bonds is 9. The van der Waals surface area contributed by atoms with Crippen LogP contribution in [0.15, 0.2) is 78.0 Å². The molecule has 1 aromatic heterocycles. The summed E-state index contributed by atoms with van der Waals surface area (Å²) in [6.45, 7) is 5.03. The van der Waals surface area contributed by atoms with Gasteiger partial charge in [-0.05, 0) is 30.9 Å². The van der Waals surface area contributed by atoms with Crippen molar-refractivity contribution in [3.63, 3.8) is 0 Å². The zero-order valence-corrected chi connectivity index (χ0v) is 19.0. The third-order valence-electron chi connectivity index (χ3n) is 5.23. The van der Waals surface area contributed by atoms with E-state index in [0.29, 0.717) is 18.3 Å². The quantitative estimate of drug-likeness (QED) is 0.367. The van der Waals surface area contributed by atoms with E-state index >= 15 is 0 Å². The normalized spacial score (nSPS) is 11.9. The standard InChI is InChI=1S/C25H26N4O2S/c1-3-29-23(16-31-22-15-9-13-20-12-7-8-14-21(20)22)27-28-25(29)32-17-24(30)26-18(2)19-10-5-4-6-11-19/h4-15,18H,3,16-17H2,1-2H3,(H,26,30)/t18-/m1/s1. The first-order valence-corrected chi connectivity index (χ1v) is 11.6. The van der Waals surface area contributed by atoms with E-state index in [-0.39, 0.29) is 17.7 Å². The number of hydrogen-bond donors (Lipinski definition) is 1. The minimum absolute atomic E-state index is 0.0365. The monoisotopic (exact) mass is 446 g/mol. The summed E-state index contributed by atoms with van der Waals surface area (Å²) < 4.78 is 8.07. The van der Waals surface area contributed by atoms with Gasteiger partial charge < -0.3 is 14.6 Å². The largest absolute Gasteiger partial charge is 0.485 e. The molecule has 32 heavy (non-hydrogen) atoms. The van der Waals surface area contributed by atoms with Crippen LogP contribution in [0.2, 0.25) is 0 Å². The molecule has 164 valence electrons. The fourth-order valence-corrected chi connectivity index (χ4v) is 4.38. The van der Waals surface area contributed by atoms with Gasteiger partial charge >= 0.3 is 0 Å². The molecule has 0 fully saturated rings. The van der Waals surface area contributed by atoms with Crippen LogP contribution in [0.25, 0.3) is 10.8 Å². The highest BCUT2D eigenvalue weighted by Gasteiger charge is 2.15. The van der Waals surface area contributed by atoms with Gasteiger partial charge in [0.05, 0.1) is 11.8 Å². The van der Waals surface area contributed by atoms with Crippen LogP contribution in [0.4, 0.5) is 0 Å². The average Bonchev–Trinajstić information content (AvgIpc) is 3.23. The molecule has 1 amide bonds. The Morgan fingerprint density at radius 2 is 1.78 bits per heavy atom. The van der Waals surface area contributed by atoms with Crippen LogP contribution in [0, 0.1) is 0 Å². The van der Waals surface area contributed by atoms with Crippen molar-refractivity contribution in [1.82, 2.24) is 20.1 Å². The number of hydrogen-bond acceptors (Lipinski definition) is 5. The lowest BCUT2D eigenvalue weighted by atomic mass is 10.1. The summed E-state index contributed by atoms with van der Waals surface area (Å²) in [6.07, 6.45) is 0. The lowest BCUT2D eigenvalue weighted by Gasteiger charge is -2.14. The molecule has 0 aliphatic heterocycles. The molecule has 0 bridgehead atoms. The lowest BCUT2D eigenvalue weighted by Crippen LogP contribution is -2.28. The number of carbonyl (C=O) groups excluding carboxylic acids is 1. The van der Waals surface area contributed by atoms with E-state index < -0.39 is 0 Å². The molecule has 0 aliphatic carbocycles. The molecule has 0 saturated carbocycles. The van der Waals surface area contributed by atoms with Gasteiger partial charge in [0.25, 0.3) is 0 Å². The molecular weight excluding hydrogens is 420 g/mol. The van der Waals surface area contributed by atoms with Crippen molar-refractivity contribution in [3.8, 4) is 5.75 Å². The van der Waals surface area contributed by atoms with Crippen LogP contribution in [-0.4, -0.2) is 26.4 Å². The van der Waals surface area contributed by atoms with E-state index in [1.807, 2.05) is 79.1 Å². The second-order valence-corrected chi connectivity index (χ2v) is 8.34. The second kappa shape index (κ2) is 10.3. The summed E-state index contributed by atoms with van der Waals surface area (Å²) in [5, 5.41) is 14.5. The number of amides is 1. The predicted octanol–water partition coefficient (Wildman–Crippen LogP) is 5.00. The molecule has 1 atom stereocenters. The molecule has 6 nitrogen and oxygen atoms in total. The number of ether oxygens (including phenoxy) is 1. The van der Waals surface area contributed by atoms with Gasteiger partial charge in [-0.1, -0.05) is 78.5 Å². The van der Waals surface area contributed by atoms with Crippen molar-refractivity contribution in [2.45, 2.75) is 38.2 Å². The van der Waals surface area contributed by atoms with Gasteiger partial charge in [-0.3, -0.25) is 4.79 Å². The number of nitrogens with zero attached hydrogens (tertiary/aromatic N) is 3. The highest BCUT2D eigenvalue weighted by molar-refractivity contribution is 7.99. The van der Waals surface area contributed by atoms with Gasteiger partial charge in [-0.2, -0.15) is 0 Å². The van der Waals surface area contributed by atoms with E-state index in [1.165, 1.54) is 11.8 Å². The Balaban J connectivity index is 1.37. The highest BCUT2D eigenvalue weighted by atomic mass is 32.2. The summed E-state index contributed by atoms with van der Waals surface area (Å²) >= 11 is 1.38. The molecule has 1 N–H and O–H groups in total. The fourth-order valence-electron chi connectivity index (χ4n) is 3.55. The second-order valence-electron chi connectivity index (χ2n) is 7.40. The Kier molecular flexibility index (Phi) is 7.07. The molecule has 0 saturated heterocycles. The Labute approximate surface area is 192 Å². The third-order valence-corrected chi connectivity index (χ3v) is 6.19. The maximum absolute atomic E-state index is 12.4. The Bertz CT molecular complexity index is 1190. The maximum atomic E-state index is 12.4. The minimum atomic E-state index is -0.0435. The van der Waals surface area contributed by atoms with Crippen LogP contribution >= 0.6 is 11.8 Å². The van der Waals surface area contributed by atoms with E-state index in [2.05, 4.69) is 27.6 Å². The zero-order valence-electron chi connectivity index (χ0n) is 18.2. The first-order chi connectivity index (χ1) is 15.7. The van der Waals surface area contributed by atoms with Crippen molar-refractivity contribution >= 4 is 28.4 Å². The molecule has 4 rings (SSSR count). The third kappa shape index (κ3) is 5.11. The van der Waals surface area contributed by atoms with E-state index in [0.717, 1.165) is 27.9 Å². The topological polar surface area (TPSA) is 69.0 Å². The van der Waals surface area contributed by atoms with Gasteiger partial charge in [-0.15, -0.1) is 10.2 Å². The molecular formula is C25H26N4O2S. The van der Waals surface area contributed by atoms with E-state index in [9.17, 15) is 4.79 Å². The van der Waals surface area contributed by atoms with E-state index in [1.54, 1.807) is 0 Å². The Morgan fingerprint density at radius 3 is 2.59 bits per heavy atom. The highest BCUT2D eigenvalue weighted by Crippen LogP contribution is 2.26. The van der Waals surface area contributed by atoms with Gasteiger partial charge in [0, 0.05) is 11.9 Å². The number of carbonyl (C=O) groups is 1. The first-order valence-electron chi connectivity index (χ1n) is 10.7. The smallest absolute Gasteiger partial charge is 0.230 e. The number of fused-ring (bicyclic) bond motifs is 1. The summed E-state index contributed by atoms with van der Waals surface area (Å²) in [5.41, 5.74) is 1.08. The molecule has 1 heterocycles. The van der Waals surface area contributed by atoms with Crippen LogP contribution in [0.1, 0.15) is 31.3 Å². The van der Waals surface area contributed by atoms with Crippen LogP contribution in [0.5, 0.6) is 5.75 Å². The molecule has 0 radical (unpaired) electrons. The van der Waals surface area contributed by atoms with Crippen molar-refractivity contribution in [1.29, 1.82) is 0 Å². The van der Waals surface area contributed by atoms with Crippen LogP contribution < -0.4 is 10.1 Å². The van der Waals surface area contributed by atoms with Crippen molar-refractivity contribution in [2.75, 3.05) is 5.75 Å². The SMILES string of the molecule is CCn1c(COc2cccc3ccccc23)nnc1SCC(=O)N[C@H](C)c1ccccc1. The van der Waals surface area contributed by atoms with Crippen molar-refractivity contribution < 1.29 is 9.53 Å². The molecule has 0 aliphatic rings. The van der Waals surface area contributed by atoms with Gasteiger partial charge in [-0.25, -0.2) is 0 Å². The van der Waals surface area contributed by atoms with Crippen LogP contribution in [-0.2, 0) is 17.9 Å². The van der Waals surface area contributed by atoms with Crippen LogP contribution in [0.3, 0.4) is 0 Å². The lowest BCUT2D eigenvalue weighted by molar-refractivity contribution is -0.119. The number of nitrogens with one attached hydrogen (secondary N) is 1. The van der Waals surface area contributed by atoms with E-state index in [4.69, 9.17) is 4.74 Å². The summed E-state index contributed by atoms with van der Waals surface area (Å²) in [6, 6.07) is 24.0. The molecule has 4 aromatic rings. The summed E-state index contributed by atoms with van der Waals surface area (Å²) in [7, 11) is 0. The van der Waals surface area contributed by atoms with Gasteiger partial charge in [0.15, 0.2) is 11.0 Å². The van der Waals surface area contributed by atoms with Crippen molar-refractivity contribution in [2.24, 2.45) is 0 Å². The molecule has 0 unspecified atom stereocenters. The maximum Gasteiger partial charge on any atom is 0.230 e. The average molecular weight is 447 g/mol. The molecule has 0 spiro atoms. The number of benzene rings is 3. The number of aromatic nitrogens is 3.